The van der Waals surface area contributed by atoms with E-state index in [0.717, 1.165) is 13.0 Å². The molecule has 0 radical (unpaired) electrons. The first-order valence-electron chi connectivity index (χ1n) is 6.34. The van der Waals surface area contributed by atoms with Gasteiger partial charge in [0.1, 0.15) is 0 Å². The minimum Gasteiger partial charge on any atom is -0.297 e. The van der Waals surface area contributed by atoms with E-state index in [2.05, 4.69) is 32.6 Å². The summed E-state index contributed by atoms with van der Waals surface area (Å²) in [5.74, 6) is 1.03. The van der Waals surface area contributed by atoms with Crippen LogP contribution in [-0.2, 0) is 4.79 Å². The molecule has 1 saturated heterocycles. The second kappa shape index (κ2) is 4.14. The molecule has 1 heterocycles. The molecule has 2 unspecified atom stereocenters. The summed E-state index contributed by atoms with van der Waals surface area (Å²) in [6.07, 6.45) is 1.02. The average Bonchev–Trinajstić information content (AvgIpc) is 2.43. The van der Waals surface area contributed by atoms with E-state index in [1.807, 2.05) is 20.8 Å². The number of rotatable bonds is 1. The highest BCUT2D eigenvalue weighted by atomic mass is 16.1. The molecular formula is C14H27NO. The normalized spacial score (nSPS) is 28.4. The van der Waals surface area contributed by atoms with Crippen LogP contribution in [0.3, 0.4) is 0 Å². The van der Waals surface area contributed by atoms with Gasteiger partial charge < -0.3 is 0 Å². The van der Waals surface area contributed by atoms with Crippen LogP contribution in [0.1, 0.15) is 54.9 Å². The first-order chi connectivity index (χ1) is 7.03. The van der Waals surface area contributed by atoms with E-state index < -0.39 is 0 Å². The molecule has 2 heteroatoms. The van der Waals surface area contributed by atoms with Gasteiger partial charge in [-0.2, -0.15) is 0 Å². The highest BCUT2D eigenvalue weighted by Crippen LogP contribution is 2.34. The third kappa shape index (κ3) is 2.85. The molecule has 94 valence electrons. The van der Waals surface area contributed by atoms with Crippen molar-refractivity contribution in [2.45, 2.75) is 66.5 Å². The molecule has 0 aromatic rings. The second-order valence-electron chi connectivity index (χ2n) is 7.29. The van der Waals surface area contributed by atoms with Gasteiger partial charge in [-0.3, -0.25) is 9.69 Å². The fraction of sp³-hybridized carbons (Fsp3) is 0.929. The quantitative estimate of drug-likeness (QED) is 0.683. The maximum absolute atomic E-state index is 12.4. The Morgan fingerprint density at radius 2 is 1.62 bits per heavy atom. The van der Waals surface area contributed by atoms with E-state index in [4.69, 9.17) is 0 Å². The maximum atomic E-state index is 12.4. The van der Waals surface area contributed by atoms with Crippen molar-refractivity contribution in [3.63, 3.8) is 0 Å². The molecule has 1 fully saturated rings. The number of Topliss-reactive ketones (excluding diaryl/α,β-unsaturated/α-hetero) is 1. The molecule has 0 aromatic heterocycles. The minimum absolute atomic E-state index is 0.0936. The van der Waals surface area contributed by atoms with Crippen LogP contribution < -0.4 is 0 Å². The molecule has 1 aliphatic heterocycles. The van der Waals surface area contributed by atoms with Crippen LogP contribution in [0.4, 0.5) is 0 Å². The van der Waals surface area contributed by atoms with Crippen molar-refractivity contribution >= 4 is 5.78 Å². The van der Waals surface area contributed by atoms with Gasteiger partial charge in [-0.1, -0.05) is 27.7 Å². The number of nitrogens with zero attached hydrogens (tertiary/aromatic N) is 1. The van der Waals surface area contributed by atoms with Gasteiger partial charge in [0.2, 0.25) is 0 Å². The number of hydrogen-bond donors (Lipinski definition) is 0. The zero-order chi connectivity index (χ0) is 12.7. The molecule has 2 atom stereocenters. The van der Waals surface area contributed by atoms with E-state index in [1.54, 1.807) is 0 Å². The lowest BCUT2D eigenvalue weighted by Crippen LogP contribution is -2.50. The minimum atomic E-state index is -0.224. The summed E-state index contributed by atoms with van der Waals surface area (Å²) in [5, 5.41) is 0. The summed E-state index contributed by atoms with van der Waals surface area (Å²) in [6, 6.07) is 0.120. The summed E-state index contributed by atoms with van der Waals surface area (Å²) in [4.78, 5) is 14.8. The van der Waals surface area contributed by atoms with E-state index >= 15 is 0 Å². The van der Waals surface area contributed by atoms with Crippen LogP contribution in [0, 0.1) is 11.3 Å². The number of carbonyl (C=O) groups excluding carboxylic acids is 1. The van der Waals surface area contributed by atoms with Crippen molar-refractivity contribution in [1.82, 2.24) is 4.90 Å². The van der Waals surface area contributed by atoms with Gasteiger partial charge >= 0.3 is 0 Å². The zero-order valence-electron chi connectivity index (χ0n) is 11.9. The highest BCUT2D eigenvalue weighted by Gasteiger charge is 2.43. The Morgan fingerprint density at radius 3 is 2.00 bits per heavy atom. The molecule has 0 amide bonds. The first-order valence-corrected chi connectivity index (χ1v) is 6.34. The predicted octanol–water partition coefficient (Wildman–Crippen LogP) is 3.11. The van der Waals surface area contributed by atoms with Crippen LogP contribution in [0.2, 0.25) is 0 Å². The SMILES string of the molecule is CC1CC(C(=O)C(C)(C)C)N(C(C)(C)C)C1. The van der Waals surface area contributed by atoms with Gasteiger partial charge in [-0.05, 0) is 33.1 Å². The maximum Gasteiger partial charge on any atom is 0.155 e. The molecule has 0 aliphatic carbocycles. The molecule has 0 bridgehead atoms. The van der Waals surface area contributed by atoms with Crippen molar-refractivity contribution in [1.29, 1.82) is 0 Å². The van der Waals surface area contributed by atoms with E-state index in [9.17, 15) is 4.79 Å². The Hall–Kier alpha value is -0.370. The summed E-state index contributed by atoms with van der Waals surface area (Å²) < 4.78 is 0. The average molecular weight is 225 g/mol. The standard InChI is InChI=1S/C14H27NO/c1-10-8-11(12(16)13(2,3)4)15(9-10)14(5,6)7/h10-11H,8-9H2,1-7H3. The van der Waals surface area contributed by atoms with Crippen LogP contribution in [0.5, 0.6) is 0 Å². The highest BCUT2D eigenvalue weighted by molar-refractivity contribution is 5.89. The van der Waals surface area contributed by atoms with E-state index in [0.29, 0.717) is 11.7 Å². The van der Waals surface area contributed by atoms with Crippen molar-refractivity contribution in [2.24, 2.45) is 11.3 Å². The van der Waals surface area contributed by atoms with E-state index in [1.165, 1.54) is 0 Å². The molecule has 0 N–H and O–H groups in total. The number of hydrogen-bond acceptors (Lipinski definition) is 2. The predicted molar refractivity (Wildman–Crippen MR) is 68.5 cm³/mol. The Bertz CT molecular complexity index is 269. The summed E-state index contributed by atoms with van der Waals surface area (Å²) in [7, 11) is 0. The third-order valence-electron chi connectivity index (χ3n) is 3.41. The van der Waals surface area contributed by atoms with Gasteiger partial charge in [0.05, 0.1) is 6.04 Å². The second-order valence-corrected chi connectivity index (χ2v) is 7.29. The van der Waals surface area contributed by atoms with Crippen LogP contribution >= 0.6 is 0 Å². The lowest BCUT2D eigenvalue weighted by atomic mass is 9.84. The summed E-state index contributed by atoms with van der Waals surface area (Å²) in [6.45, 7) is 16.0. The Balaban J connectivity index is 2.91. The molecule has 0 saturated carbocycles. The smallest absolute Gasteiger partial charge is 0.155 e. The Kier molecular flexibility index (Phi) is 3.54. The molecule has 2 nitrogen and oxygen atoms in total. The van der Waals surface area contributed by atoms with Crippen molar-refractivity contribution in [3.05, 3.63) is 0 Å². The van der Waals surface area contributed by atoms with Crippen molar-refractivity contribution in [2.75, 3.05) is 6.54 Å². The number of ketones is 1. The lowest BCUT2D eigenvalue weighted by Gasteiger charge is -2.38. The molecule has 0 aromatic carbocycles. The van der Waals surface area contributed by atoms with Crippen LogP contribution in [0.15, 0.2) is 0 Å². The fourth-order valence-corrected chi connectivity index (χ4v) is 2.54. The molecule has 0 spiro atoms. The van der Waals surface area contributed by atoms with Crippen LogP contribution in [-0.4, -0.2) is 28.8 Å². The zero-order valence-corrected chi connectivity index (χ0v) is 11.9. The monoisotopic (exact) mass is 225 g/mol. The fourth-order valence-electron chi connectivity index (χ4n) is 2.54. The van der Waals surface area contributed by atoms with Gasteiger partial charge in [-0.25, -0.2) is 0 Å². The molecular weight excluding hydrogens is 198 g/mol. The Labute approximate surface area is 100 Å². The molecule has 16 heavy (non-hydrogen) atoms. The molecule has 1 aliphatic rings. The third-order valence-corrected chi connectivity index (χ3v) is 3.41. The molecule has 1 rings (SSSR count). The summed E-state index contributed by atoms with van der Waals surface area (Å²) in [5.41, 5.74) is -0.130. The van der Waals surface area contributed by atoms with Crippen molar-refractivity contribution < 1.29 is 4.79 Å². The number of carbonyl (C=O) groups is 1. The topological polar surface area (TPSA) is 20.3 Å². The van der Waals surface area contributed by atoms with Gasteiger partial charge in [-0.15, -0.1) is 0 Å². The van der Waals surface area contributed by atoms with Crippen molar-refractivity contribution in [3.8, 4) is 0 Å². The van der Waals surface area contributed by atoms with Gasteiger partial charge in [0.25, 0.3) is 0 Å². The Morgan fingerprint density at radius 1 is 1.12 bits per heavy atom. The first kappa shape index (κ1) is 13.7. The van der Waals surface area contributed by atoms with Crippen LogP contribution in [0.25, 0.3) is 0 Å². The number of likely N-dealkylation sites (tertiary alicyclic amines) is 1. The largest absolute Gasteiger partial charge is 0.297 e. The van der Waals surface area contributed by atoms with E-state index in [-0.39, 0.29) is 17.0 Å². The van der Waals surface area contributed by atoms with Gasteiger partial charge in [0.15, 0.2) is 5.78 Å². The van der Waals surface area contributed by atoms with Gasteiger partial charge in [0, 0.05) is 17.5 Å². The lowest BCUT2D eigenvalue weighted by molar-refractivity contribution is -0.132. The summed E-state index contributed by atoms with van der Waals surface area (Å²) >= 11 is 0.